The maximum atomic E-state index is 13.0. The number of amides is 1. The number of benzene rings is 2. The number of ether oxygens (including phenoxy) is 1. The molecule has 2 aromatic heterocycles. The van der Waals surface area contributed by atoms with Crippen LogP contribution in [0, 0.1) is 0 Å². The highest BCUT2D eigenvalue weighted by molar-refractivity contribution is 7.16. The quantitative estimate of drug-likeness (QED) is 0.468. The minimum Gasteiger partial charge on any atom is -0.468 e. The molecule has 2 aromatic carbocycles. The third kappa shape index (κ3) is 3.93. The van der Waals surface area contributed by atoms with E-state index in [0.717, 1.165) is 40.4 Å². The number of hydrogen-bond donors (Lipinski definition) is 1. The summed E-state index contributed by atoms with van der Waals surface area (Å²) in [5.41, 5.74) is 3.51. The Kier molecular flexibility index (Phi) is 5.81. The molecule has 7 heteroatoms. The average molecular weight is 422 g/mol. The van der Waals surface area contributed by atoms with E-state index in [9.17, 15) is 9.59 Å². The van der Waals surface area contributed by atoms with Crippen LogP contribution in [-0.4, -0.2) is 28.5 Å². The van der Waals surface area contributed by atoms with E-state index in [0.29, 0.717) is 10.4 Å². The number of aromatic amines is 1. The van der Waals surface area contributed by atoms with E-state index >= 15 is 0 Å². The van der Waals surface area contributed by atoms with Crippen molar-refractivity contribution in [3.63, 3.8) is 0 Å². The lowest BCUT2D eigenvalue weighted by Gasteiger charge is -2.05. The number of methoxy groups -OCH3 is 1. The molecular formula is C23H23N3O3S. The van der Waals surface area contributed by atoms with Gasteiger partial charge in [-0.1, -0.05) is 48.9 Å². The van der Waals surface area contributed by atoms with Crippen molar-refractivity contribution in [1.82, 2.24) is 9.55 Å². The zero-order valence-electron chi connectivity index (χ0n) is 17.0. The van der Waals surface area contributed by atoms with Crippen molar-refractivity contribution >= 4 is 44.3 Å². The Morgan fingerprint density at radius 3 is 2.83 bits per heavy atom. The highest BCUT2D eigenvalue weighted by Crippen LogP contribution is 2.22. The first-order valence-electron chi connectivity index (χ1n) is 9.95. The van der Waals surface area contributed by atoms with Crippen molar-refractivity contribution in [3.05, 3.63) is 64.6 Å². The van der Waals surface area contributed by atoms with Gasteiger partial charge in [-0.15, -0.1) is 0 Å². The standard InChI is InChI=1S/C23H23N3O3S/c1-3-4-7-15-10-11-19-20(12-15)30-23(26(19)14-21(27)29-2)25-22(28)17-13-24-18-9-6-5-8-16(17)18/h5-6,8-13,24H,3-4,7,14H2,1-2H3. The van der Waals surface area contributed by atoms with Crippen LogP contribution < -0.4 is 4.80 Å². The van der Waals surface area contributed by atoms with Crippen LogP contribution in [0.2, 0.25) is 0 Å². The number of para-hydroxylation sites is 1. The SMILES string of the molecule is CCCCc1ccc2c(c1)sc(=NC(=O)c1c[nH]c3ccccc13)n2CC(=O)OC. The average Bonchev–Trinajstić information content (AvgIpc) is 3.33. The Balaban J connectivity index is 1.81. The molecule has 1 N–H and O–H groups in total. The number of carbonyl (C=O) groups excluding carboxylic acids is 2. The molecule has 4 aromatic rings. The number of thiazole rings is 1. The van der Waals surface area contributed by atoms with Crippen molar-refractivity contribution in [3.8, 4) is 0 Å². The van der Waals surface area contributed by atoms with Crippen LogP contribution in [0.5, 0.6) is 0 Å². The Bertz CT molecular complexity index is 1300. The molecule has 0 unspecified atom stereocenters. The van der Waals surface area contributed by atoms with E-state index in [1.807, 2.05) is 30.3 Å². The Labute approximate surface area is 177 Å². The van der Waals surface area contributed by atoms with Crippen LogP contribution in [0.4, 0.5) is 0 Å². The maximum Gasteiger partial charge on any atom is 0.325 e. The number of aromatic nitrogens is 2. The second-order valence-corrected chi connectivity index (χ2v) is 8.13. The molecule has 0 spiro atoms. The summed E-state index contributed by atoms with van der Waals surface area (Å²) in [4.78, 5) is 32.9. The predicted molar refractivity (Wildman–Crippen MR) is 119 cm³/mol. The van der Waals surface area contributed by atoms with E-state index in [4.69, 9.17) is 4.74 Å². The van der Waals surface area contributed by atoms with Crippen molar-refractivity contribution < 1.29 is 14.3 Å². The molecule has 1 amide bonds. The highest BCUT2D eigenvalue weighted by atomic mass is 32.1. The van der Waals surface area contributed by atoms with Crippen molar-refractivity contribution in [2.24, 2.45) is 4.99 Å². The first kappa shape index (κ1) is 20.1. The van der Waals surface area contributed by atoms with Crippen molar-refractivity contribution in [2.75, 3.05) is 7.11 Å². The summed E-state index contributed by atoms with van der Waals surface area (Å²) in [7, 11) is 1.36. The molecule has 6 nitrogen and oxygen atoms in total. The number of hydrogen-bond acceptors (Lipinski definition) is 4. The third-order valence-electron chi connectivity index (χ3n) is 5.10. The zero-order chi connectivity index (χ0) is 21.1. The van der Waals surface area contributed by atoms with E-state index in [1.165, 1.54) is 24.0 Å². The fourth-order valence-electron chi connectivity index (χ4n) is 3.48. The van der Waals surface area contributed by atoms with Crippen LogP contribution in [0.1, 0.15) is 35.7 Å². The molecule has 154 valence electrons. The van der Waals surface area contributed by atoms with Crippen LogP contribution in [0.25, 0.3) is 21.1 Å². The Morgan fingerprint density at radius 1 is 1.20 bits per heavy atom. The van der Waals surface area contributed by atoms with Gasteiger partial charge in [-0.3, -0.25) is 9.59 Å². The first-order valence-corrected chi connectivity index (χ1v) is 10.8. The van der Waals surface area contributed by atoms with Crippen LogP contribution in [0.15, 0.2) is 53.7 Å². The normalized spacial score (nSPS) is 12.0. The number of rotatable bonds is 6. The number of H-pyrrole nitrogens is 1. The molecule has 0 radical (unpaired) electrons. The van der Waals surface area contributed by atoms with Gasteiger partial charge in [0.1, 0.15) is 6.54 Å². The summed E-state index contributed by atoms with van der Waals surface area (Å²) in [6.45, 7) is 2.17. The Morgan fingerprint density at radius 2 is 2.03 bits per heavy atom. The molecule has 0 atom stereocenters. The zero-order valence-corrected chi connectivity index (χ0v) is 17.8. The molecule has 0 fully saturated rings. The lowest BCUT2D eigenvalue weighted by molar-refractivity contribution is -0.141. The number of carbonyl (C=O) groups is 2. The molecule has 0 saturated carbocycles. The summed E-state index contributed by atoms with van der Waals surface area (Å²) < 4.78 is 7.60. The molecule has 0 aliphatic heterocycles. The molecular weight excluding hydrogens is 398 g/mol. The minimum absolute atomic E-state index is 0.00477. The summed E-state index contributed by atoms with van der Waals surface area (Å²) in [6, 6.07) is 13.8. The fraction of sp³-hybridized carbons (Fsp3) is 0.261. The largest absolute Gasteiger partial charge is 0.468 e. The molecule has 30 heavy (non-hydrogen) atoms. The van der Waals surface area contributed by atoms with Gasteiger partial charge in [0, 0.05) is 17.1 Å². The van der Waals surface area contributed by atoms with Gasteiger partial charge in [0.15, 0.2) is 4.80 Å². The monoisotopic (exact) mass is 421 g/mol. The second-order valence-electron chi connectivity index (χ2n) is 7.12. The van der Waals surface area contributed by atoms with Gasteiger partial charge in [0.25, 0.3) is 5.91 Å². The van der Waals surface area contributed by atoms with Gasteiger partial charge >= 0.3 is 5.97 Å². The first-order chi connectivity index (χ1) is 14.6. The van der Waals surface area contributed by atoms with Gasteiger partial charge in [0.2, 0.25) is 0 Å². The van der Waals surface area contributed by atoms with Gasteiger partial charge in [-0.25, -0.2) is 0 Å². The molecule has 0 bridgehead atoms. The van der Waals surface area contributed by atoms with Crippen LogP contribution in [-0.2, 0) is 22.5 Å². The van der Waals surface area contributed by atoms with Gasteiger partial charge < -0.3 is 14.3 Å². The molecule has 4 rings (SSSR count). The minimum atomic E-state index is -0.384. The number of esters is 1. The number of nitrogens with one attached hydrogen (secondary N) is 1. The molecule has 2 heterocycles. The number of fused-ring (bicyclic) bond motifs is 2. The smallest absolute Gasteiger partial charge is 0.325 e. The number of nitrogens with zero attached hydrogens (tertiary/aromatic N) is 2. The second kappa shape index (κ2) is 8.67. The van der Waals surface area contributed by atoms with Crippen LogP contribution >= 0.6 is 11.3 Å². The van der Waals surface area contributed by atoms with Gasteiger partial charge in [-0.05, 0) is 36.6 Å². The van der Waals surface area contributed by atoms with E-state index in [-0.39, 0.29) is 18.4 Å². The van der Waals surface area contributed by atoms with Crippen molar-refractivity contribution in [1.29, 1.82) is 0 Å². The van der Waals surface area contributed by atoms with Gasteiger partial charge in [-0.2, -0.15) is 4.99 Å². The lowest BCUT2D eigenvalue weighted by atomic mass is 10.1. The Hall–Kier alpha value is -3.19. The summed E-state index contributed by atoms with van der Waals surface area (Å²) in [5, 5.41) is 0.828. The molecule has 0 aliphatic rings. The topological polar surface area (TPSA) is 76.5 Å². The fourth-order valence-corrected chi connectivity index (χ4v) is 4.57. The summed E-state index contributed by atoms with van der Waals surface area (Å²) >= 11 is 1.41. The molecule has 0 aliphatic carbocycles. The summed E-state index contributed by atoms with van der Waals surface area (Å²) in [5.74, 6) is -0.727. The predicted octanol–water partition coefficient (Wildman–Crippen LogP) is 4.44. The van der Waals surface area contributed by atoms with Gasteiger partial charge in [0.05, 0.1) is 22.9 Å². The van der Waals surface area contributed by atoms with E-state index < -0.39 is 0 Å². The van der Waals surface area contributed by atoms with E-state index in [2.05, 4.69) is 29.0 Å². The maximum absolute atomic E-state index is 13.0. The highest BCUT2D eigenvalue weighted by Gasteiger charge is 2.15. The molecule has 0 saturated heterocycles. The number of unbranched alkanes of at least 4 members (excludes halogenated alkanes) is 1. The van der Waals surface area contributed by atoms with Crippen LogP contribution in [0.3, 0.4) is 0 Å². The van der Waals surface area contributed by atoms with Crippen molar-refractivity contribution in [2.45, 2.75) is 32.7 Å². The lowest BCUT2D eigenvalue weighted by Crippen LogP contribution is -2.22. The summed E-state index contributed by atoms with van der Waals surface area (Å²) in [6.07, 6.45) is 4.93. The van der Waals surface area contributed by atoms with E-state index in [1.54, 1.807) is 10.8 Å². The number of aryl methyl sites for hydroxylation is 1. The third-order valence-corrected chi connectivity index (χ3v) is 6.14.